The predicted molar refractivity (Wildman–Crippen MR) is 102 cm³/mol. The summed E-state index contributed by atoms with van der Waals surface area (Å²) in [5.74, 6) is -1.20. The highest BCUT2D eigenvalue weighted by Crippen LogP contribution is 2.28. The van der Waals surface area contributed by atoms with Gasteiger partial charge < -0.3 is 10.4 Å². The van der Waals surface area contributed by atoms with Crippen molar-refractivity contribution in [3.05, 3.63) is 59.2 Å². The van der Waals surface area contributed by atoms with Gasteiger partial charge in [-0.3, -0.25) is 0 Å². The number of carbonyl (C=O) groups is 1. The van der Waals surface area contributed by atoms with Gasteiger partial charge in [0.15, 0.2) is 0 Å². The van der Waals surface area contributed by atoms with Crippen LogP contribution in [-0.2, 0) is 16.4 Å². The van der Waals surface area contributed by atoms with Crippen molar-refractivity contribution in [2.24, 2.45) is 5.14 Å². The Labute approximate surface area is 154 Å². The summed E-state index contributed by atoms with van der Waals surface area (Å²) >= 11 is 0. The van der Waals surface area contributed by atoms with Crippen LogP contribution in [0.3, 0.4) is 0 Å². The summed E-state index contributed by atoms with van der Waals surface area (Å²) in [6.07, 6.45) is 3.32. The number of benzene rings is 2. The normalized spacial score (nSPS) is 11.3. The van der Waals surface area contributed by atoms with Gasteiger partial charge in [0.25, 0.3) is 0 Å². The molecule has 0 atom stereocenters. The molecule has 7 heteroatoms. The van der Waals surface area contributed by atoms with Crippen molar-refractivity contribution < 1.29 is 18.3 Å². The van der Waals surface area contributed by atoms with Crippen LogP contribution in [0.25, 0.3) is 0 Å². The monoisotopic (exact) mass is 376 g/mol. The number of hydrogen-bond donors (Lipinski definition) is 3. The maximum Gasteiger partial charge on any atom is 0.335 e. The molecule has 0 aliphatic carbocycles. The Morgan fingerprint density at radius 2 is 1.85 bits per heavy atom. The summed E-state index contributed by atoms with van der Waals surface area (Å²) in [5.41, 5.74) is 1.79. The smallest absolute Gasteiger partial charge is 0.335 e. The molecule has 0 saturated heterocycles. The molecule has 0 spiro atoms. The van der Waals surface area contributed by atoms with E-state index < -0.39 is 16.0 Å². The van der Waals surface area contributed by atoms with Crippen molar-refractivity contribution in [3.63, 3.8) is 0 Å². The van der Waals surface area contributed by atoms with Gasteiger partial charge in [0, 0.05) is 18.7 Å². The number of sulfonamides is 1. The van der Waals surface area contributed by atoms with Gasteiger partial charge in [-0.2, -0.15) is 0 Å². The molecule has 26 heavy (non-hydrogen) atoms. The fourth-order valence-electron chi connectivity index (χ4n) is 2.76. The zero-order valence-corrected chi connectivity index (χ0v) is 15.6. The lowest BCUT2D eigenvalue weighted by molar-refractivity contribution is 0.0696. The molecule has 0 aliphatic rings. The highest BCUT2D eigenvalue weighted by atomic mass is 32.2. The van der Waals surface area contributed by atoms with Crippen LogP contribution in [0.1, 0.15) is 47.7 Å². The van der Waals surface area contributed by atoms with Crippen LogP contribution >= 0.6 is 0 Å². The maximum absolute atomic E-state index is 12.1. The summed E-state index contributed by atoms with van der Waals surface area (Å²) < 4.78 is 24.2. The summed E-state index contributed by atoms with van der Waals surface area (Å²) in [7, 11) is -4.07. The molecular weight excluding hydrogens is 352 g/mol. The number of unbranched alkanes of at least 4 members (excludes halogenated alkanes) is 2. The highest BCUT2D eigenvalue weighted by Gasteiger charge is 2.21. The van der Waals surface area contributed by atoms with Crippen molar-refractivity contribution in [2.75, 3.05) is 11.9 Å². The Balaban J connectivity index is 2.53. The number of rotatable bonds is 9. The Morgan fingerprint density at radius 1 is 1.15 bits per heavy atom. The standard InChI is InChI=1S/C19H24N2O4S/c1-2-3-7-10-21-17-12-15(19(22)23)13-18(26(20,24)25)16(17)11-14-8-5-4-6-9-14/h4-6,8-9,12-13,21H,2-3,7,10-11H2,1H3,(H,22,23)(H2,20,24,25). The molecule has 0 saturated carbocycles. The van der Waals surface area contributed by atoms with Gasteiger partial charge in [0.2, 0.25) is 10.0 Å². The second-order valence-corrected chi connectivity index (χ2v) is 7.68. The molecule has 2 rings (SSSR count). The number of carboxylic acid groups (broad SMARTS) is 1. The quantitative estimate of drug-likeness (QED) is 0.582. The van der Waals surface area contributed by atoms with E-state index in [-0.39, 0.29) is 10.5 Å². The second kappa shape index (κ2) is 8.82. The number of primary sulfonamides is 1. The van der Waals surface area contributed by atoms with E-state index in [4.69, 9.17) is 5.14 Å². The third-order valence-electron chi connectivity index (χ3n) is 4.08. The summed E-state index contributed by atoms with van der Waals surface area (Å²) in [5, 5.41) is 17.9. The first-order valence-corrected chi connectivity index (χ1v) is 10.1. The van der Waals surface area contributed by atoms with Gasteiger partial charge in [-0.05, 0) is 29.7 Å². The molecule has 0 aromatic heterocycles. The van der Waals surface area contributed by atoms with Crippen molar-refractivity contribution in [1.29, 1.82) is 0 Å². The van der Waals surface area contributed by atoms with E-state index in [1.807, 2.05) is 30.3 Å². The average Bonchev–Trinajstić information content (AvgIpc) is 2.59. The van der Waals surface area contributed by atoms with Gasteiger partial charge in [0.1, 0.15) is 0 Å². The van der Waals surface area contributed by atoms with E-state index in [0.29, 0.717) is 24.2 Å². The molecular formula is C19H24N2O4S. The zero-order chi connectivity index (χ0) is 19.2. The number of hydrogen-bond acceptors (Lipinski definition) is 4. The predicted octanol–water partition coefficient (Wildman–Crippen LogP) is 3.23. The lowest BCUT2D eigenvalue weighted by Crippen LogP contribution is -2.18. The molecule has 6 nitrogen and oxygen atoms in total. The lowest BCUT2D eigenvalue weighted by atomic mass is 10.0. The van der Waals surface area contributed by atoms with Gasteiger partial charge >= 0.3 is 5.97 Å². The van der Waals surface area contributed by atoms with Crippen LogP contribution in [0.15, 0.2) is 47.4 Å². The molecule has 0 radical (unpaired) electrons. The van der Waals surface area contributed by atoms with Crippen molar-refractivity contribution in [2.45, 2.75) is 37.5 Å². The first-order valence-electron chi connectivity index (χ1n) is 8.53. The molecule has 4 N–H and O–H groups in total. The van der Waals surface area contributed by atoms with Crippen LogP contribution in [0, 0.1) is 0 Å². The Bertz CT molecular complexity index is 865. The van der Waals surface area contributed by atoms with E-state index in [1.54, 1.807) is 0 Å². The van der Waals surface area contributed by atoms with Crippen LogP contribution in [0.4, 0.5) is 5.69 Å². The summed E-state index contributed by atoms with van der Waals surface area (Å²) in [4.78, 5) is 11.3. The SMILES string of the molecule is CCCCCNc1cc(C(=O)O)cc(S(N)(=O)=O)c1Cc1ccccc1. The van der Waals surface area contributed by atoms with Crippen LogP contribution in [0.5, 0.6) is 0 Å². The fourth-order valence-corrected chi connectivity index (χ4v) is 3.58. The Hall–Kier alpha value is -2.38. The number of carboxylic acids is 1. The van der Waals surface area contributed by atoms with Crippen molar-refractivity contribution in [1.82, 2.24) is 0 Å². The minimum atomic E-state index is -4.07. The van der Waals surface area contributed by atoms with Crippen LogP contribution in [-0.4, -0.2) is 26.0 Å². The van der Waals surface area contributed by atoms with Crippen LogP contribution < -0.4 is 10.5 Å². The molecule has 140 valence electrons. The summed E-state index contributed by atoms with van der Waals surface area (Å²) in [6, 6.07) is 12.0. The lowest BCUT2D eigenvalue weighted by Gasteiger charge is -2.17. The van der Waals surface area contributed by atoms with Gasteiger partial charge in [-0.25, -0.2) is 18.4 Å². The molecule has 0 heterocycles. The minimum absolute atomic E-state index is 0.108. The number of nitrogens with one attached hydrogen (secondary N) is 1. The summed E-state index contributed by atoms with van der Waals surface area (Å²) in [6.45, 7) is 2.72. The van der Waals surface area contributed by atoms with E-state index >= 15 is 0 Å². The molecule has 0 unspecified atom stereocenters. The average molecular weight is 376 g/mol. The number of anilines is 1. The van der Waals surface area contributed by atoms with Crippen molar-refractivity contribution in [3.8, 4) is 0 Å². The molecule has 2 aromatic rings. The largest absolute Gasteiger partial charge is 0.478 e. The highest BCUT2D eigenvalue weighted by molar-refractivity contribution is 7.89. The number of aromatic carboxylic acids is 1. The molecule has 0 aliphatic heterocycles. The molecule has 0 fully saturated rings. The second-order valence-electron chi connectivity index (χ2n) is 6.15. The molecule has 2 aromatic carbocycles. The van der Waals surface area contributed by atoms with Gasteiger partial charge in [-0.15, -0.1) is 0 Å². The minimum Gasteiger partial charge on any atom is -0.478 e. The Kier molecular flexibility index (Phi) is 6.76. The zero-order valence-electron chi connectivity index (χ0n) is 14.7. The van der Waals surface area contributed by atoms with Crippen LogP contribution in [0.2, 0.25) is 0 Å². The fraction of sp³-hybridized carbons (Fsp3) is 0.316. The van der Waals surface area contributed by atoms with E-state index in [9.17, 15) is 18.3 Å². The third kappa shape index (κ3) is 5.31. The van der Waals surface area contributed by atoms with Crippen molar-refractivity contribution >= 4 is 21.7 Å². The maximum atomic E-state index is 12.1. The number of nitrogens with two attached hydrogens (primary N) is 1. The molecule has 0 bridgehead atoms. The van der Waals surface area contributed by atoms with E-state index in [1.165, 1.54) is 6.07 Å². The van der Waals surface area contributed by atoms with Gasteiger partial charge in [0.05, 0.1) is 10.5 Å². The van der Waals surface area contributed by atoms with E-state index in [2.05, 4.69) is 12.2 Å². The Morgan fingerprint density at radius 3 is 2.42 bits per heavy atom. The third-order valence-corrected chi connectivity index (χ3v) is 5.06. The first-order chi connectivity index (χ1) is 12.3. The molecule has 0 amide bonds. The van der Waals surface area contributed by atoms with E-state index in [0.717, 1.165) is 30.9 Å². The van der Waals surface area contributed by atoms with Gasteiger partial charge in [-0.1, -0.05) is 50.1 Å². The first kappa shape index (κ1) is 19.9. The topological polar surface area (TPSA) is 109 Å².